The average Bonchev–Trinajstić information content (AvgIpc) is 2.53. The third-order valence-corrected chi connectivity index (χ3v) is 2.90. The van der Waals surface area contributed by atoms with E-state index < -0.39 is 6.03 Å². The zero-order valence-electron chi connectivity index (χ0n) is 11.9. The Labute approximate surface area is 128 Å². The number of aromatic nitrogens is 2. The highest BCUT2D eigenvalue weighted by Crippen LogP contribution is 2.15. The lowest BCUT2D eigenvalue weighted by Crippen LogP contribution is -2.30. The molecule has 0 atom stereocenters. The number of hydrogen-bond acceptors (Lipinski definition) is 4. The van der Waals surface area contributed by atoms with E-state index in [1.165, 1.54) is 0 Å². The van der Waals surface area contributed by atoms with E-state index in [9.17, 15) is 10.1 Å². The second-order valence-corrected chi connectivity index (χ2v) is 4.53. The van der Waals surface area contributed by atoms with Crippen LogP contribution in [-0.2, 0) is 6.42 Å². The predicted octanol–water partition coefficient (Wildman–Crippen LogP) is 1.75. The summed E-state index contributed by atoms with van der Waals surface area (Å²) in [4.78, 5) is 18.8. The number of benzene rings is 1. The summed E-state index contributed by atoms with van der Waals surface area (Å²) in [5, 5.41) is 11.8. The summed E-state index contributed by atoms with van der Waals surface area (Å²) >= 11 is 0. The molecule has 0 radical (unpaired) electrons. The quantitative estimate of drug-likeness (QED) is 0.819. The molecule has 2 aromatic rings. The van der Waals surface area contributed by atoms with Crippen LogP contribution in [0.2, 0.25) is 0 Å². The number of carbonyl (C=O) groups excluding carboxylic acids is 1. The summed E-state index contributed by atoms with van der Waals surface area (Å²) < 4.78 is 0. The van der Waals surface area contributed by atoms with E-state index in [1.54, 1.807) is 24.5 Å². The summed E-state index contributed by atoms with van der Waals surface area (Å²) in [6.45, 7) is 0.468. The molecule has 0 bridgehead atoms. The normalized spacial score (nSPS) is 10.8. The van der Waals surface area contributed by atoms with Gasteiger partial charge in [-0.3, -0.25) is 0 Å². The smallest absolute Gasteiger partial charge is 0.312 e. The van der Waals surface area contributed by atoms with Gasteiger partial charge in [0.2, 0.25) is 0 Å². The van der Waals surface area contributed by atoms with Crippen LogP contribution in [0.25, 0.3) is 11.6 Å². The molecule has 0 saturated carbocycles. The van der Waals surface area contributed by atoms with Crippen molar-refractivity contribution in [2.45, 2.75) is 6.42 Å². The van der Waals surface area contributed by atoms with Crippen LogP contribution >= 0.6 is 0 Å². The lowest BCUT2D eigenvalue weighted by molar-refractivity contribution is 0.249. The molecule has 0 spiro atoms. The second kappa shape index (κ2) is 7.55. The first kappa shape index (κ1) is 15.2. The van der Waals surface area contributed by atoms with Gasteiger partial charge < -0.3 is 11.1 Å². The first-order chi connectivity index (χ1) is 10.7. The summed E-state index contributed by atoms with van der Waals surface area (Å²) in [6.07, 6.45) is 5.59. The van der Waals surface area contributed by atoms with Gasteiger partial charge in [0.25, 0.3) is 0 Å². The fraction of sp³-hybridized carbons (Fsp3) is 0.125. The molecule has 6 nitrogen and oxygen atoms in total. The number of nitrogens with two attached hydrogens (primary N) is 1. The van der Waals surface area contributed by atoms with Gasteiger partial charge in [-0.25, -0.2) is 14.8 Å². The maximum atomic E-state index is 10.6. The van der Waals surface area contributed by atoms with Crippen molar-refractivity contribution in [2.75, 3.05) is 6.54 Å². The van der Waals surface area contributed by atoms with Crippen molar-refractivity contribution < 1.29 is 4.79 Å². The number of hydrogen-bond donors (Lipinski definition) is 2. The average molecular weight is 293 g/mol. The van der Waals surface area contributed by atoms with Gasteiger partial charge in [-0.2, -0.15) is 5.26 Å². The number of amides is 2. The molecular formula is C16H15N5O. The minimum absolute atomic E-state index is 0.394. The van der Waals surface area contributed by atoms with Crippen molar-refractivity contribution in [3.05, 3.63) is 59.7 Å². The largest absolute Gasteiger partial charge is 0.352 e. The highest BCUT2D eigenvalue weighted by molar-refractivity contribution is 5.86. The van der Waals surface area contributed by atoms with E-state index in [0.29, 0.717) is 24.4 Å². The molecule has 0 aliphatic carbocycles. The van der Waals surface area contributed by atoms with Crippen molar-refractivity contribution in [2.24, 2.45) is 5.73 Å². The zero-order valence-corrected chi connectivity index (χ0v) is 11.9. The first-order valence-electron chi connectivity index (χ1n) is 6.70. The van der Waals surface area contributed by atoms with Crippen molar-refractivity contribution in [1.29, 1.82) is 5.26 Å². The van der Waals surface area contributed by atoms with Gasteiger partial charge in [-0.05, 0) is 29.7 Å². The number of nitrogens with zero attached hydrogens (tertiary/aromatic N) is 3. The van der Waals surface area contributed by atoms with Gasteiger partial charge in [0.15, 0.2) is 5.82 Å². The Morgan fingerprint density at radius 2 is 2.09 bits per heavy atom. The molecule has 0 aliphatic heterocycles. The van der Waals surface area contributed by atoms with Crippen LogP contribution in [0, 0.1) is 11.3 Å². The molecule has 0 fully saturated rings. The Bertz CT molecular complexity index is 719. The number of urea groups is 1. The Morgan fingerprint density at radius 3 is 2.77 bits per heavy atom. The van der Waals surface area contributed by atoms with Gasteiger partial charge >= 0.3 is 6.03 Å². The van der Waals surface area contributed by atoms with E-state index in [0.717, 1.165) is 11.1 Å². The third kappa shape index (κ3) is 4.42. The number of carbonyl (C=O) groups is 1. The molecule has 1 heterocycles. The third-order valence-electron chi connectivity index (χ3n) is 2.90. The van der Waals surface area contributed by atoms with E-state index in [-0.39, 0.29) is 0 Å². The lowest BCUT2D eigenvalue weighted by Gasteiger charge is -2.04. The second-order valence-electron chi connectivity index (χ2n) is 4.53. The molecule has 1 aromatic heterocycles. The van der Waals surface area contributed by atoms with Crippen LogP contribution in [0.15, 0.2) is 42.7 Å². The molecule has 0 aliphatic rings. The van der Waals surface area contributed by atoms with E-state index in [2.05, 4.69) is 21.4 Å². The summed E-state index contributed by atoms with van der Waals surface area (Å²) in [7, 11) is 0. The van der Waals surface area contributed by atoms with Gasteiger partial charge in [-0.1, -0.05) is 24.3 Å². The van der Waals surface area contributed by atoms with Crippen LogP contribution in [-0.4, -0.2) is 22.5 Å². The Morgan fingerprint density at radius 1 is 1.32 bits per heavy atom. The summed E-state index contributed by atoms with van der Waals surface area (Å²) in [6, 6.07) is 11.0. The van der Waals surface area contributed by atoms with Crippen molar-refractivity contribution in [3.8, 4) is 6.07 Å². The van der Waals surface area contributed by atoms with E-state index >= 15 is 0 Å². The molecule has 6 heteroatoms. The minimum atomic E-state index is -0.538. The topological polar surface area (TPSA) is 105 Å². The summed E-state index contributed by atoms with van der Waals surface area (Å²) in [5.41, 5.74) is 7.33. The fourth-order valence-electron chi connectivity index (χ4n) is 1.92. The first-order valence-corrected chi connectivity index (χ1v) is 6.70. The minimum Gasteiger partial charge on any atom is -0.352 e. The highest BCUT2D eigenvalue weighted by atomic mass is 16.2. The van der Waals surface area contributed by atoms with Crippen LogP contribution in [0.3, 0.4) is 0 Å². The van der Waals surface area contributed by atoms with E-state index in [1.807, 2.05) is 24.3 Å². The van der Waals surface area contributed by atoms with Crippen molar-refractivity contribution in [3.63, 3.8) is 0 Å². The van der Waals surface area contributed by atoms with Gasteiger partial charge in [0.1, 0.15) is 6.07 Å². The Balaban J connectivity index is 2.16. The number of nitriles is 1. The maximum Gasteiger partial charge on any atom is 0.312 e. The van der Waals surface area contributed by atoms with Crippen LogP contribution in [0.1, 0.15) is 17.0 Å². The van der Waals surface area contributed by atoms with Gasteiger partial charge in [0, 0.05) is 18.9 Å². The molecular weight excluding hydrogens is 278 g/mol. The van der Waals surface area contributed by atoms with Crippen LogP contribution in [0.4, 0.5) is 4.79 Å². The standard InChI is InChI=1S/C16H15N5O/c17-11-14(15-19-6-2-7-20-15)10-13-4-1-3-12(9-13)5-8-21-16(18)22/h1-4,6-7,9-10H,5,8H2,(H3,18,21,22). The van der Waals surface area contributed by atoms with Crippen molar-refractivity contribution in [1.82, 2.24) is 15.3 Å². The molecule has 3 N–H and O–H groups in total. The zero-order chi connectivity index (χ0) is 15.8. The Kier molecular flexibility index (Phi) is 5.21. The molecule has 1 aromatic carbocycles. The molecule has 22 heavy (non-hydrogen) atoms. The van der Waals surface area contributed by atoms with Crippen LogP contribution < -0.4 is 11.1 Å². The fourth-order valence-corrected chi connectivity index (χ4v) is 1.92. The summed E-state index contributed by atoms with van der Waals surface area (Å²) in [5.74, 6) is 0.394. The van der Waals surface area contributed by atoms with E-state index in [4.69, 9.17) is 5.73 Å². The molecule has 110 valence electrons. The number of primary amides is 1. The number of allylic oxidation sites excluding steroid dienone is 1. The number of nitrogens with one attached hydrogen (secondary N) is 1. The predicted molar refractivity (Wildman–Crippen MR) is 83.2 cm³/mol. The molecule has 0 unspecified atom stereocenters. The van der Waals surface area contributed by atoms with Crippen LogP contribution in [0.5, 0.6) is 0 Å². The number of rotatable bonds is 5. The monoisotopic (exact) mass is 293 g/mol. The van der Waals surface area contributed by atoms with Gasteiger partial charge in [-0.15, -0.1) is 0 Å². The highest BCUT2D eigenvalue weighted by Gasteiger charge is 2.04. The molecule has 2 amide bonds. The lowest BCUT2D eigenvalue weighted by atomic mass is 10.1. The Hall–Kier alpha value is -3.20. The molecule has 2 rings (SSSR count). The maximum absolute atomic E-state index is 10.6. The van der Waals surface area contributed by atoms with Crippen molar-refractivity contribution >= 4 is 17.7 Å². The van der Waals surface area contributed by atoms with Gasteiger partial charge in [0.05, 0.1) is 5.57 Å². The SMILES string of the molecule is N#CC(=Cc1cccc(CCNC(N)=O)c1)c1ncccn1. The molecule has 0 saturated heterocycles.